The second-order valence-electron chi connectivity index (χ2n) is 5.59. The lowest BCUT2D eigenvalue weighted by Gasteiger charge is -2.11. The molecule has 8 heteroatoms. The molecule has 0 fully saturated rings. The van der Waals surface area contributed by atoms with Crippen LogP contribution < -0.4 is 11.1 Å². The number of pyridine rings is 1. The van der Waals surface area contributed by atoms with Crippen LogP contribution in [0.3, 0.4) is 0 Å². The Morgan fingerprint density at radius 3 is 2.88 bits per heavy atom. The predicted octanol–water partition coefficient (Wildman–Crippen LogP) is 2.01. The number of aromatic nitrogens is 3. The molecular weight excluding hydrogens is 322 g/mol. The van der Waals surface area contributed by atoms with Crippen molar-refractivity contribution in [1.82, 2.24) is 19.9 Å². The molecule has 0 unspecified atom stereocenters. The van der Waals surface area contributed by atoms with Gasteiger partial charge in [0, 0.05) is 24.9 Å². The van der Waals surface area contributed by atoms with Gasteiger partial charge in [-0.1, -0.05) is 25.1 Å². The lowest BCUT2D eigenvalue weighted by Crippen LogP contribution is -2.25. The molecule has 0 spiro atoms. The van der Waals surface area contributed by atoms with Crippen molar-refractivity contribution in [3.8, 4) is 0 Å². The first kappa shape index (κ1) is 17.0. The van der Waals surface area contributed by atoms with E-state index in [-0.39, 0.29) is 6.54 Å². The minimum absolute atomic E-state index is 0.264. The molecule has 8 nitrogen and oxygen atoms in total. The van der Waals surface area contributed by atoms with Crippen LogP contribution in [0.4, 0.5) is 10.6 Å². The van der Waals surface area contributed by atoms with Crippen molar-refractivity contribution >= 4 is 33.8 Å². The standard InChI is InChI=1S/C17H21N5O3/c1-2-13-21-14-15(11-5-3-4-6-12(11)20-16(14)18)22(13)8-10-25-9-7-19-17(23)24/h3-6,19H,2,7-10H2,1H3,(H2,18,20)(H,23,24). The highest BCUT2D eigenvalue weighted by Gasteiger charge is 2.16. The number of nitrogens with one attached hydrogen (secondary N) is 1. The Kier molecular flexibility index (Phi) is 4.99. The van der Waals surface area contributed by atoms with Gasteiger partial charge in [0.05, 0.1) is 24.2 Å². The fraction of sp³-hybridized carbons (Fsp3) is 0.353. The molecule has 2 heterocycles. The number of nitrogen functional groups attached to an aromatic ring is 1. The van der Waals surface area contributed by atoms with Crippen LogP contribution in [0.5, 0.6) is 0 Å². The maximum atomic E-state index is 10.4. The third-order valence-corrected chi connectivity index (χ3v) is 3.99. The first-order valence-electron chi connectivity index (χ1n) is 8.19. The number of fused-ring (bicyclic) bond motifs is 3. The van der Waals surface area contributed by atoms with Crippen LogP contribution in [0.25, 0.3) is 21.9 Å². The summed E-state index contributed by atoms with van der Waals surface area (Å²) in [4.78, 5) is 19.5. The summed E-state index contributed by atoms with van der Waals surface area (Å²) >= 11 is 0. The summed E-state index contributed by atoms with van der Waals surface area (Å²) in [5.41, 5.74) is 8.61. The number of carboxylic acid groups (broad SMARTS) is 1. The van der Waals surface area contributed by atoms with Crippen LogP contribution in [0, 0.1) is 0 Å². The fourth-order valence-electron chi connectivity index (χ4n) is 2.90. The van der Waals surface area contributed by atoms with E-state index in [2.05, 4.69) is 19.9 Å². The molecule has 2 aromatic heterocycles. The minimum atomic E-state index is -1.05. The van der Waals surface area contributed by atoms with Gasteiger partial charge in [-0.05, 0) is 6.07 Å². The number of para-hydroxylation sites is 1. The Morgan fingerprint density at radius 1 is 1.32 bits per heavy atom. The third-order valence-electron chi connectivity index (χ3n) is 3.99. The molecule has 1 amide bonds. The monoisotopic (exact) mass is 343 g/mol. The maximum Gasteiger partial charge on any atom is 0.404 e. The highest BCUT2D eigenvalue weighted by atomic mass is 16.5. The van der Waals surface area contributed by atoms with Gasteiger partial charge in [0.1, 0.15) is 11.3 Å². The van der Waals surface area contributed by atoms with Crippen LogP contribution >= 0.6 is 0 Å². The Morgan fingerprint density at radius 2 is 2.12 bits per heavy atom. The Labute approximate surface area is 144 Å². The van der Waals surface area contributed by atoms with E-state index in [0.29, 0.717) is 31.1 Å². The molecule has 0 radical (unpaired) electrons. The van der Waals surface area contributed by atoms with Crippen molar-refractivity contribution in [3.05, 3.63) is 30.1 Å². The summed E-state index contributed by atoms with van der Waals surface area (Å²) in [6.07, 6.45) is -0.282. The van der Waals surface area contributed by atoms with E-state index >= 15 is 0 Å². The Bertz CT molecular complexity index is 906. The second-order valence-corrected chi connectivity index (χ2v) is 5.59. The minimum Gasteiger partial charge on any atom is -0.465 e. The number of anilines is 1. The highest BCUT2D eigenvalue weighted by molar-refractivity contribution is 6.06. The number of imidazole rings is 1. The van der Waals surface area contributed by atoms with Crippen LogP contribution in [0.2, 0.25) is 0 Å². The molecular formula is C17H21N5O3. The zero-order chi connectivity index (χ0) is 17.8. The van der Waals surface area contributed by atoms with Crippen LogP contribution in [-0.4, -0.2) is 45.5 Å². The topological polar surface area (TPSA) is 115 Å². The molecule has 25 heavy (non-hydrogen) atoms. The number of ether oxygens (including phenoxy) is 1. The fourth-order valence-corrected chi connectivity index (χ4v) is 2.90. The Balaban J connectivity index is 1.87. The molecule has 0 bridgehead atoms. The number of hydrogen-bond acceptors (Lipinski definition) is 5. The average molecular weight is 343 g/mol. The van der Waals surface area contributed by atoms with Crippen molar-refractivity contribution in [2.45, 2.75) is 19.9 Å². The molecule has 0 aliphatic heterocycles. The van der Waals surface area contributed by atoms with E-state index in [4.69, 9.17) is 15.6 Å². The van der Waals surface area contributed by atoms with Gasteiger partial charge in [-0.3, -0.25) is 0 Å². The summed E-state index contributed by atoms with van der Waals surface area (Å²) in [5, 5.41) is 11.8. The zero-order valence-electron chi connectivity index (χ0n) is 14.0. The van der Waals surface area contributed by atoms with E-state index in [1.54, 1.807) is 0 Å². The van der Waals surface area contributed by atoms with Crippen LogP contribution in [-0.2, 0) is 17.7 Å². The average Bonchev–Trinajstić information content (AvgIpc) is 2.97. The van der Waals surface area contributed by atoms with Gasteiger partial charge in [0.25, 0.3) is 0 Å². The van der Waals surface area contributed by atoms with Crippen molar-refractivity contribution in [3.63, 3.8) is 0 Å². The Hall–Kier alpha value is -2.87. The second kappa shape index (κ2) is 7.35. The summed E-state index contributed by atoms with van der Waals surface area (Å²) < 4.78 is 7.64. The molecule has 1 aromatic carbocycles. The first-order valence-corrected chi connectivity index (χ1v) is 8.19. The van der Waals surface area contributed by atoms with Gasteiger partial charge >= 0.3 is 6.09 Å². The molecule has 4 N–H and O–H groups in total. The van der Waals surface area contributed by atoms with Crippen molar-refractivity contribution in [2.75, 3.05) is 25.5 Å². The molecule has 0 atom stereocenters. The summed E-state index contributed by atoms with van der Waals surface area (Å²) in [7, 11) is 0. The first-order chi connectivity index (χ1) is 12.1. The van der Waals surface area contributed by atoms with Crippen molar-refractivity contribution in [1.29, 1.82) is 0 Å². The van der Waals surface area contributed by atoms with E-state index in [1.807, 2.05) is 31.2 Å². The smallest absolute Gasteiger partial charge is 0.404 e. The van der Waals surface area contributed by atoms with E-state index < -0.39 is 6.09 Å². The number of benzene rings is 1. The van der Waals surface area contributed by atoms with Gasteiger partial charge < -0.3 is 25.5 Å². The number of aryl methyl sites for hydroxylation is 1. The van der Waals surface area contributed by atoms with E-state index in [0.717, 1.165) is 28.7 Å². The van der Waals surface area contributed by atoms with Gasteiger partial charge in [0.15, 0.2) is 5.82 Å². The van der Waals surface area contributed by atoms with Gasteiger partial charge in [0.2, 0.25) is 0 Å². The normalized spacial score (nSPS) is 11.2. The largest absolute Gasteiger partial charge is 0.465 e. The van der Waals surface area contributed by atoms with Gasteiger partial charge in [-0.15, -0.1) is 0 Å². The molecule has 0 saturated heterocycles. The number of nitrogens with two attached hydrogens (primary N) is 1. The number of nitrogens with zero attached hydrogens (tertiary/aromatic N) is 3. The van der Waals surface area contributed by atoms with E-state index in [1.165, 1.54) is 0 Å². The predicted molar refractivity (Wildman–Crippen MR) is 95.7 cm³/mol. The third kappa shape index (κ3) is 3.48. The summed E-state index contributed by atoms with van der Waals surface area (Å²) in [6.45, 7) is 3.70. The number of hydrogen-bond donors (Lipinski definition) is 3. The molecule has 3 rings (SSSR count). The van der Waals surface area contributed by atoms with E-state index in [9.17, 15) is 4.79 Å². The van der Waals surface area contributed by atoms with Gasteiger partial charge in [-0.2, -0.15) is 0 Å². The van der Waals surface area contributed by atoms with Crippen LogP contribution in [0.1, 0.15) is 12.7 Å². The molecule has 0 aliphatic rings. The summed E-state index contributed by atoms with van der Waals surface area (Å²) in [5.74, 6) is 1.35. The van der Waals surface area contributed by atoms with Crippen molar-refractivity contribution < 1.29 is 14.6 Å². The number of carbonyl (C=O) groups is 1. The number of amides is 1. The summed E-state index contributed by atoms with van der Waals surface area (Å²) in [6, 6.07) is 7.85. The zero-order valence-corrected chi connectivity index (χ0v) is 14.0. The van der Waals surface area contributed by atoms with Gasteiger partial charge in [-0.25, -0.2) is 14.8 Å². The maximum absolute atomic E-state index is 10.4. The highest BCUT2D eigenvalue weighted by Crippen LogP contribution is 2.28. The number of rotatable bonds is 7. The lowest BCUT2D eigenvalue weighted by molar-refractivity contribution is 0.125. The van der Waals surface area contributed by atoms with Crippen LogP contribution in [0.15, 0.2) is 24.3 Å². The quantitative estimate of drug-likeness (QED) is 0.565. The SMILES string of the molecule is CCc1nc2c(N)nc3ccccc3c2n1CCOCCNC(=O)O. The molecule has 3 aromatic rings. The molecule has 0 aliphatic carbocycles. The molecule has 132 valence electrons. The lowest BCUT2D eigenvalue weighted by atomic mass is 10.2. The molecule has 0 saturated carbocycles. The van der Waals surface area contributed by atoms with Crippen molar-refractivity contribution in [2.24, 2.45) is 0 Å².